The van der Waals surface area contributed by atoms with Crippen LogP contribution in [0.2, 0.25) is 0 Å². The van der Waals surface area contributed by atoms with E-state index in [1.165, 1.54) is 0 Å². The summed E-state index contributed by atoms with van der Waals surface area (Å²) >= 11 is 0. The van der Waals surface area contributed by atoms with E-state index in [1.807, 2.05) is 49.5 Å². The molecule has 5 nitrogen and oxygen atoms in total. The predicted octanol–water partition coefficient (Wildman–Crippen LogP) is 3.10. The van der Waals surface area contributed by atoms with Crippen LogP contribution in [0, 0.1) is 6.92 Å². The fraction of sp³-hybridized carbons (Fsp3) is 0.273. The standard InChI is InChI=1S/C22H23N3O2/c1-14-6-8-15(9-7-14)21(26)25-20(22(27)24-17-10-11-17)12-16-13-23-19-5-3-2-4-18(16)19/h2-9,13,17,20,23H,10-12H2,1H3,(H,24,27)(H,25,26)/t20-/m0/s1. The lowest BCUT2D eigenvalue weighted by Gasteiger charge is -2.18. The fourth-order valence-corrected chi connectivity index (χ4v) is 3.21. The van der Waals surface area contributed by atoms with Crippen LogP contribution in [0.25, 0.3) is 10.9 Å². The Hall–Kier alpha value is -3.08. The second kappa shape index (κ2) is 7.27. The van der Waals surface area contributed by atoms with Crippen molar-refractivity contribution in [2.24, 2.45) is 0 Å². The van der Waals surface area contributed by atoms with Crippen molar-refractivity contribution >= 4 is 22.7 Å². The molecule has 1 fully saturated rings. The molecule has 1 aliphatic carbocycles. The van der Waals surface area contributed by atoms with Gasteiger partial charge in [-0.05, 0) is 43.5 Å². The average Bonchev–Trinajstić information content (AvgIpc) is 3.40. The minimum Gasteiger partial charge on any atom is -0.361 e. The Morgan fingerprint density at radius 3 is 2.59 bits per heavy atom. The van der Waals surface area contributed by atoms with Gasteiger partial charge in [0.15, 0.2) is 0 Å². The van der Waals surface area contributed by atoms with Crippen molar-refractivity contribution in [3.63, 3.8) is 0 Å². The second-order valence-corrected chi connectivity index (χ2v) is 7.24. The molecular formula is C22H23N3O2. The summed E-state index contributed by atoms with van der Waals surface area (Å²) in [6.45, 7) is 1.98. The van der Waals surface area contributed by atoms with Crippen LogP contribution in [-0.4, -0.2) is 28.9 Å². The molecule has 0 aliphatic heterocycles. The first-order chi connectivity index (χ1) is 13.1. The van der Waals surface area contributed by atoms with Gasteiger partial charge < -0.3 is 15.6 Å². The zero-order chi connectivity index (χ0) is 18.8. The van der Waals surface area contributed by atoms with Crippen LogP contribution in [0.1, 0.15) is 34.3 Å². The topological polar surface area (TPSA) is 74.0 Å². The van der Waals surface area contributed by atoms with Crippen LogP contribution in [0.5, 0.6) is 0 Å². The first kappa shape index (κ1) is 17.3. The third-order valence-corrected chi connectivity index (χ3v) is 4.96. The summed E-state index contributed by atoms with van der Waals surface area (Å²) < 4.78 is 0. The predicted molar refractivity (Wildman–Crippen MR) is 106 cm³/mol. The summed E-state index contributed by atoms with van der Waals surface area (Å²) in [4.78, 5) is 28.6. The Balaban J connectivity index is 1.55. The molecule has 27 heavy (non-hydrogen) atoms. The smallest absolute Gasteiger partial charge is 0.251 e. The zero-order valence-corrected chi connectivity index (χ0v) is 15.3. The molecule has 0 bridgehead atoms. The van der Waals surface area contributed by atoms with E-state index in [4.69, 9.17) is 0 Å². The molecular weight excluding hydrogens is 338 g/mol. The minimum absolute atomic E-state index is 0.122. The highest BCUT2D eigenvalue weighted by Gasteiger charge is 2.29. The van der Waals surface area contributed by atoms with E-state index in [2.05, 4.69) is 15.6 Å². The number of carbonyl (C=O) groups is 2. The molecule has 2 amide bonds. The summed E-state index contributed by atoms with van der Waals surface area (Å²) in [5.41, 5.74) is 3.70. The molecule has 1 aromatic heterocycles. The normalized spacial score (nSPS) is 14.7. The molecule has 1 saturated carbocycles. The second-order valence-electron chi connectivity index (χ2n) is 7.24. The molecule has 138 valence electrons. The van der Waals surface area contributed by atoms with E-state index >= 15 is 0 Å². The van der Waals surface area contributed by atoms with Crippen LogP contribution in [-0.2, 0) is 11.2 Å². The Labute approximate surface area is 158 Å². The molecule has 1 heterocycles. The number of fused-ring (bicyclic) bond motifs is 1. The van der Waals surface area contributed by atoms with E-state index in [-0.39, 0.29) is 17.9 Å². The highest BCUT2D eigenvalue weighted by molar-refractivity contribution is 5.98. The molecule has 0 spiro atoms. The number of amides is 2. The van der Waals surface area contributed by atoms with Crippen LogP contribution >= 0.6 is 0 Å². The van der Waals surface area contributed by atoms with Gasteiger partial charge in [0.05, 0.1) is 0 Å². The van der Waals surface area contributed by atoms with E-state index in [1.54, 1.807) is 12.1 Å². The van der Waals surface area contributed by atoms with Gasteiger partial charge in [-0.15, -0.1) is 0 Å². The van der Waals surface area contributed by atoms with Gasteiger partial charge >= 0.3 is 0 Å². The number of aromatic amines is 1. The minimum atomic E-state index is -0.612. The van der Waals surface area contributed by atoms with Gasteiger partial charge in [0.2, 0.25) is 5.91 Å². The van der Waals surface area contributed by atoms with Gasteiger partial charge in [0, 0.05) is 35.1 Å². The highest BCUT2D eigenvalue weighted by Crippen LogP contribution is 2.21. The van der Waals surface area contributed by atoms with Crippen LogP contribution in [0.3, 0.4) is 0 Å². The maximum absolute atomic E-state index is 12.7. The van der Waals surface area contributed by atoms with Gasteiger partial charge in [0.25, 0.3) is 5.91 Å². The quantitative estimate of drug-likeness (QED) is 0.631. The average molecular weight is 361 g/mol. The number of H-pyrrole nitrogens is 1. The SMILES string of the molecule is Cc1ccc(C(=O)N[C@@H](Cc2c[nH]c3ccccc23)C(=O)NC2CC2)cc1. The van der Waals surface area contributed by atoms with Crippen molar-refractivity contribution < 1.29 is 9.59 Å². The van der Waals surface area contributed by atoms with E-state index in [0.717, 1.165) is 34.9 Å². The fourth-order valence-electron chi connectivity index (χ4n) is 3.21. The number of aromatic nitrogens is 1. The van der Waals surface area contributed by atoms with Crippen molar-refractivity contribution in [2.75, 3.05) is 0 Å². The highest BCUT2D eigenvalue weighted by atomic mass is 16.2. The summed E-state index contributed by atoms with van der Waals surface area (Å²) in [5, 5.41) is 7.02. The van der Waals surface area contributed by atoms with E-state index in [0.29, 0.717) is 12.0 Å². The number of hydrogen-bond acceptors (Lipinski definition) is 2. The number of carbonyl (C=O) groups excluding carboxylic acids is 2. The van der Waals surface area contributed by atoms with Crippen LogP contribution in [0.15, 0.2) is 54.7 Å². The zero-order valence-electron chi connectivity index (χ0n) is 15.3. The van der Waals surface area contributed by atoms with Crippen LogP contribution in [0.4, 0.5) is 0 Å². The van der Waals surface area contributed by atoms with E-state index < -0.39 is 6.04 Å². The molecule has 1 aliphatic rings. The Morgan fingerprint density at radius 1 is 1.11 bits per heavy atom. The maximum atomic E-state index is 12.7. The Kier molecular flexibility index (Phi) is 4.67. The third-order valence-electron chi connectivity index (χ3n) is 4.96. The lowest BCUT2D eigenvalue weighted by molar-refractivity contribution is -0.123. The molecule has 3 aromatic rings. The number of aryl methyl sites for hydroxylation is 1. The monoisotopic (exact) mass is 361 g/mol. The third kappa shape index (κ3) is 4.03. The summed E-state index contributed by atoms with van der Waals surface area (Å²) in [5.74, 6) is -0.353. The van der Waals surface area contributed by atoms with Crippen molar-refractivity contribution in [1.29, 1.82) is 0 Å². The lowest BCUT2D eigenvalue weighted by atomic mass is 10.0. The summed E-state index contributed by atoms with van der Waals surface area (Å²) in [6, 6.07) is 15.0. The summed E-state index contributed by atoms with van der Waals surface area (Å²) in [6.07, 6.45) is 4.38. The first-order valence-electron chi connectivity index (χ1n) is 9.33. The number of hydrogen-bond donors (Lipinski definition) is 3. The molecule has 2 aromatic carbocycles. The van der Waals surface area contributed by atoms with Gasteiger partial charge in [0.1, 0.15) is 6.04 Å². The van der Waals surface area contributed by atoms with Crippen LogP contribution < -0.4 is 10.6 Å². The number of rotatable bonds is 6. The number of benzene rings is 2. The Bertz CT molecular complexity index is 971. The van der Waals surface area contributed by atoms with Crippen molar-refractivity contribution in [1.82, 2.24) is 15.6 Å². The largest absolute Gasteiger partial charge is 0.361 e. The molecule has 5 heteroatoms. The first-order valence-corrected chi connectivity index (χ1v) is 9.33. The van der Waals surface area contributed by atoms with Gasteiger partial charge in [-0.25, -0.2) is 0 Å². The number of para-hydroxylation sites is 1. The van der Waals surface area contributed by atoms with Gasteiger partial charge in [-0.3, -0.25) is 9.59 Å². The molecule has 4 rings (SSSR count). The molecule has 0 unspecified atom stereocenters. The Morgan fingerprint density at radius 2 is 1.85 bits per heavy atom. The molecule has 0 radical (unpaired) electrons. The van der Waals surface area contributed by atoms with E-state index in [9.17, 15) is 9.59 Å². The van der Waals surface area contributed by atoms with Crippen molar-refractivity contribution in [3.8, 4) is 0 Å². The number of nitrogens with one attached hydrogen (secondary N) is 3. The van der Waals surface area contributed by atoms with Crippen molar-refractivity contribution in [3.05, 3.63) is 71.4 Å². The van der Waals surface area contributed by atoms with Crippen molar-refractivity contribution in [2.45, 2.75) is 38.3 Å². The van der Waals surface area contributed by atoms with Gasteiger partial charge in [-0.2, -0.15) is 0 Å². The van der Waals surface area contributed by atoms with Gasteiger partial charge in [-0.1, -0.05) is 35.9 Å². The molecule has 3 N–H and O–H groups in total. The lowest BCUT2D eigenvalue weighted by Crippen LogP contribution is -2.48. The maximum Gasteiger partial charge on any atom is 0.251 e. The molecule has 1 atom stereocenters. The molecule has 0 saturated heterocycles. The summed E-state index contributed by atoms with van der Waals surface area (Å²) in [7, 11) is 0.